The van der Waals surface area contributed by atoms with Gasteiger partial charge in [0.05, 0.1) is 23.0 Å². The molecule has 1 N–H and O–H groups in total. The Bertz CT molecular complexity index is 604. The van der Waals surface area contributed by atoms with E-state index in [1.165, 1.54) is 0 Å². The van der Waals surface area contributed by atoms with E-state index in [1.54, 1.807) is 11.8 Å². The molecule has 2 aromatic rings. The molecule has 3 rings (SSSR count). The minimum Gasteiger partial charge on any atom is -0.486 e. The summed E-state index contributed by atoms with van der Waals surface area (Å²) in [7, 11) is 0. The molecule has 0 spiro atoms. The van der Waals surface area contributed by atoms with Crippen LogP contribution in [0.1, 0.15) is 6.92 Å². The van der Waals surface area contributed by atoms with Crippen molar-refractivity contribution in [2.24, 2.45) is 5.92 Å². The average Bonchev–Trinajstić information content (AvgIpc) is 2.83. The van der Waals surface area contributed by atoms with Crippen molar-refractivity contribution in [3.63, 3.8) is 0 Å². The molecule has 0 amide bonds. The Hall–Kier alpha value is -1.87. The van der Waals surface area contributed by atoms with Gasteiger partial charge in [-0.05, 0) is 6.92 Å². The van der Waals surface area contributed by atoms with Gasteiger partial charge < -0.3 is 14.5 Å². The topological polar surface area (TPSA) is 70.9 Å². The summed E-state index contributed by atoms with van der Waals surface area (Å²) in [5.74, 6) is 2.23. The van der Waals surface area contributed by atoms with E-state index in [-0.39, 0.29) is 5.92 Å². The van der Waals surface area contributed by atoms with Crippen LogP contribution in [0.3, 0.4) is 0 Å². The highest BCUT2D eigenvalue weighted by Gasteiger charge is 2.15. The number of aromatic amines is 1. The number of nitrogens with one attached hydrogen (secondary N) is 1. The van der Waals surface area contributed by atoms with Crippen LogP contribution in [0.25, 0.3) is 11.0 Å². The summed E-state index contributed by atoms with van der Waals surface area (Å²) in [6, 6.07) is 6.01. The number of H-pyrrole nitrogens is 1. The van der Waals surface area contributed by atoms with Crippen molar-refractivity contribution in [1.29, 1.82) is 5.26 Å². The molecule has 5 nitrogen and oxygen atoms in total. The lowest BCUT2D eigenvalue weighted by Gasteiger charge is -2.17. The van der Waals surface area contributed by atoms with Crippen LogP contribution in [0.4, 0.5) is 0 Å². The highest BCUT2D eigenvalue weighted by atomic mass is 32.2. The molecule has 0 fully saturated rings. The van der Waals surface area contributed by atoms with E-state index in [9.17, 15) is 0 Å². The summed E-state index contributed by atoms with van der Waals surface area (Å²) in [6.07, 6.45) is 0. The normalized spacial score (nSPS) is 15.2. The first-order valence-corrected chi connectivity index (χ1v) is 7.06. The molecule has 1 aromatic heterocycles. The lowest BCUT2D eigenvalue weighted by atomic mass is 10.2. The van der Waals surface area contributed by atoms with E-state index in [1.807, 2.05) is 19.1 Å². The zero-order valence-electron chi connectivity index (χ0n) is 10.5. The molecule has 0 saturated carbocycles. The Morgan fingerprint density at radius 1 is 1.42 bits per heavy atom. The molecule has 98 valence electrons. The predicted molar refractivity (Wildman–Crippen MR) is 72.6 cm³/mol. The van der Waals surface area contributed by atoms with E-state index >= 15 is 0 Å². The molecule has 1 aliphatic rings. The Balaban J connectivity index is 1.86. The SMILES string of the molecule is CC(C#N)CSc1nc2cc3c(cc2[nH]1)OCCO3. The molecule has 0 aliphatic carbocycles. The van der Waals surface area contributed by atoms with Crippen molar-refractivity contribution in [2.75, 3.05) is 19.0 Å². The maximum absolute atomic E-state index is 8.77. The molecule has 1 aliphatic heterocycles. The van der Waals surface area contributed by atoms with E-state index in [0.717, 1.165) is 33.4 Å². The van der Waals surface area contributed by atoms with Crippen LogP contribution >= 0.6 is 11.8 Å². The average molecular weight is 275 g/mol. The summed E-state index contributed by atoms with van der Waals surface area (Å²) in [5, 5.41) is 9.59. The number of hydrogen-bond donors (Lipinski definition) is 1. The quantitative estimate of drug-likeness (QED) is 0.872. The summed E-state index contributed by atoms with van der Waals surface area (Å²) in [5.41, 5.74) is 1.78. The number of thioether (sulfide) groups is 1. The van der Waals surface area contributed by atoms with Gasteiger partial charge in [-0.1, -0.05) is 11.8 Å². The minimum absolute atomic E-state index is 0.0121. The predicted octanol–water partition coefficient (Wildman–Crippen LogP) is 2.59. The summed E-state index contributed by atoms with van der Waals surface area (Å²) >= 11 is 1.55. The largest absolute Gasteiger partial charge is 0.486 e. The van der Waals surface area contributed by atoms with Crippen molar-refractivity contribution >= 4 is 22.8 Å². The van der Waals surface area contributed by atoms with Gasteiger partial charge in [0.2, 0.25) is 0 Å². The summed E-state index contributed by atoms with van der Waals surface area (Å²) in [4.78, 5) is 7.72. The Labute approximate surface area is 114 Å². The monoisotopic (exact) mass is 275 g/mol. The second-order valence-electron chi connectivity index (χ2n) is 4.40. The third-order valence-corrected chi connectivity index (χ3v) is 3.95. The summed E-state index contributed by atoms with van der Waals surface area (Å²) in [6.45, 7) is 3.05. The maximum Gasteiger partial charge on any atom is 0.166 e. The molecule has 2 heterocycles. The zero-order valence-corrected chi connectivity index (χ0v) is 11.3. The standard InChI is InChI=1S/C13H13N3O2S/c1-8(6-14)7-19-13-15-9-4-11-12(5-10(9)16-13)18-3-2-17-11/h4-5,8H,2-3,7H2,1H3,(H,15,16). The van der Waals surface area contributed by atoms with Crippen molar-refractivity contribution in [1.82, 2.24) is 9.97 Å². The molecule has 6 heteroatoms. The van der Waals surface area contributed by atoms with Gasteiger partial charge in [0, 0.05) is 17.9 Å². The van der Waals surface area contributed by atoms with Crippen LogP contribution in [0.2, 0.25) is 0 Å². The van der Waals surface area contributed by atoms with Crippen LogP contribution in [0.5, 0.6) is 11.5 Å². The second-order valence-corrected chi connectivity index (χ2v) is 5.40. The van der Waals surface area contributed by atoms with Gasteiger partial charge >= 0.3 is 0 Å². The van der Waals surface area contributed by atoms with Crippen LogP contribution in [-0.2, 0) is 0 Å². The zero-order chi connectivity index (χ0) is 13.2. The fraction of sp³-hybridized carbons (Fsp3) is 0.385. The number of fused-ring (bicyclic) bond motifs is 2. The first kappa shape index (κ1) is 12.2. The third kappa shape index (κ3) is 2.47. The lowest BCUT2D eigenvalue weighted by Crippen LogP contribution is -2.15. The van der Waals surface area contributed by atoms with Gasteiger partial charge in [0.1, 0.15) is 13.2 Å². The van der Waals surface area contributed by atoms with Gasteiger partial charge in [0.25, 0.3) is 0 Å². The fourth-order valence-corrected chi connectivity index (χ4v) is 2.66. The van der Waals surface area contributed by atoms with Crippen molar-refractivity contribution in [3.05, 3.63) is 12.1 Å². The van der Waals surface area contributed by atoms with E-state index in [0.29, 0.717) is 13.2 Å². The molecule has 19 heavy (non-hydrogen) atoms. The van der Waals surface area contributed by atoms with Gasteiger partial charge in [-0.15, -0.1) is 0 Å². The molecular formula is C13H13N3O2S. The number of benzene rings is 1. The molecule has 0 saturated heterocycles. The maximum atomic E-state index is 8.77. The fourth-order valence-electron chi connectivity index (χ4n) is 1.83. The number of imidazole rings is 1. The highest BCUT2D eigenvalue weighted by molar-refractivity contribution is 7.99. The number of nitriles is 1. The first-order valence-electron chi connectivity index (χ1n) is 6.08. The van der Waals surface area contributed by atoms with Crippen molar-refractivity contribution in [2.45, 2.75) is 12.1 Å². The molecular weight excluding hydrogens is 262 g/mol. The van der Waals surface area contributed by atoms with Gasteiger partial charge in [-0.3, -0.25) is 0 Å². The molecule has 1 aromatic carbocycles. The number of nitrogens with zero attached hydrogens (tertiary/aromatic N) is 2. The van der Waals surface area contributed by atoms with Gasteiger partial charge in [-0.25, -0.2) is 4.98 Å². The second kappa shape index (κ2) is 5.02. The Morgan fingerprint density at radius 3 is 2.89 bits per heavy atom. The minimum atomic E-state index is 0.0121. The molecule has 0 radical (unpaired) electrons. The van der Waals surface area contributed by atoms with Crippen LogP contribution in [-0.4, -0.2) is 28.9 Å². The van der Waals surface area contributed by atoms with E-state index in [4.69, 9.17) is 14.7 Å². The van der Waals surface area contributed by atoms with E-state index < -0.39 is 0 Å². The smallest absolute Gasteiger partial charge is 0.166 e. The third-order valence-electron chi connectivity index (χ3n) is 2.81. The highest BCUT2D eigenvalue weighted by Crippen LogP contribution is 2.34. The van der Waals surface area contributed by atoms with Crippen LogP contribution in [0, 0.1) is 17.2 Å². The Kier molecular flexibility index (Phi) is 3.22. The van der Waals surface area contributed by atoms with Crippen molar-refractivity contribution < 1.29 is 9.47 Å². The van der Waals surface area contributed by atoms with Crippen LogP contribution in [0.15, 0.2) is 17.3 Å². The molecule has 1 unspecified atom stereocenters. The first-order chi connectivity index (χ1) is 9.26. The number of ether oxygens (including phenoxy) is 2. The lowest BCUT2D eigenvalue weighted by molar-refractivity contribution is 0.172. The number of hydrogen-bond acceptors (Lipinski definition) is 5. The molecule has 1 atom stereocenters. The Morgan fingerprint density at radius 2 is 2.16 bits per heavy atom. The van der Waals surface area contributed by atoms with E-state index in [2.05, 4.69) is 16.0 Å². The van der Waals surface area contributed by atoms with Gasteiger partial charge in [0.15, 0.2) is 16.7 Å². The number of aromatic nitrogens is 2. The van der Waals surface area contributed by atoms with Crippen molar-refractivity contribution in [3.8, 4) is 17.6 Å². The number of rotatable bonds is 3. The van der Waals surface area contributed by atoms with Gasteiger partial charge in [-0.2, -0.15) is 5.26 Å². The van der Waals surface area contributed by atoms with Crippen LogP contribution < -0.4 is 9.47 Å². The molecule has 0 bridgehead atoms. The summed E-state index contributed by atoms with van der Waals surface area (Å²) < 4.78 is 11.1.